The maximum Gasteiger partial charge on any atom is 0.00105 e. The first-order valence-electron chi connectivity index (χ1n) is 6.64. The summed E-state index contributed by atoms with van der Waals surface area (Å²) < 4.78 is 0. The molecule has 0 aromatic heterocycles. The van der Waals surface area contributed by atoms with E-state index >= 15 is 0 Å². The molecule has 17 heavy (non-hydrogen) atoms. The highest BCUT2D eigenvalue weighted by Gasteiger charge is 2.14. The minimum atomic E-state index is 0.244. The molecular weight excluding hydrogens is 206 g/mol. The Morgan fingerprint density at radius 1 is 1.18 bits per heavy atom. The fourth-order valence-corrected chi connectivity index (χ4v) is 1.90. The van der Waals surface area contributed by atoms with E-state index in [2.05, 4.69) is 65.1 Å². The average molecular weight is 233 g/mol. The predicted octanol–water partition coefficient (Wildman–Crippen LogP) is 3.83. The van der Waals surface area contributed by atoms with Gasteiger partial charge in [0.2, 0.25) is 0 Å². The van der Waals surface area contributed by atoms with Gasteiger partial charge < -0.3 is 5.32 Å². The molecule has 96 valence electrons. The maximum absolute atomic E-state index is 3.48. The molecule has 0 saturated heterocycles. The van der Waals surface area contributed by atoms with Gasteiger partial charge in [-0.25, -0.2) is 0 Å². The van der Waals surface area contributed by atoms with Crippen LogP contribution in [0.25, 0.3) is 0 Å². The van der Waals surface area contributed by atoms with Crippen LogP contribution in [0.1, 0.15) is 51.3 Å². The normalized spacial score (nSPS) is 12.2. The van der Waals surface area contributed by atoms with Crippen LogP contribution in [0.15, 0.2) is 18.2 Å². The Morgan fingerprint density at radius 2 is 1.82 bits per heavy atom. The molecule has 0 aliphatic rings. The standard InChI is InChI=1S/C16H27N/c1-12(2)17-10-9-14-11-15(16(4,5)6)8-7-13(14)3/h7-8,11-12,17H,9-10H2,1-6H3. The van der Waals surface area contributed by atoms with Gasteiger partial charge in [0.1, 0.15) is 0 Å². The molecule has 0 aliphatic heterocycles. The second-order valence-electron chi connectivity index (χ2n) is 6.25. The summed E-state index contributed by atoms with van der Waals surface area (Å²) in [4.78, 5) is 0. The van der Waals surface area contributed by atoms with Crippen molar-refractivity contribution in [2.45, 2.75) is 59.4 Å². The third kappa shape index (κ3) is 4.51. The Labute approximate surface area is 107 Å². The minimum Gasteiger partial charge on any atom is -0.314 e. The summed E-state index contributed by atoms with van der Waals surface area (Å²) >= 11 is 0. The van der Waals surface area contributed by atoms with Crippen LogP contribution in [-0.4, -0.2) is 12.6 Å². The van der Waals surface area contributed by atoms with Crippen LogP contribution < -0.4 is 5.32 Å². The molecule has 0 radical (unpaired) electrons. The molecule has 0 bridgehead atoms. The lowest BCUT2D eigenvalue weighted by Gasteiger charge is -2.21. The Balaban J connectivity index is 2.77. The Bertz CT molecular complexity index is 358. The molecule has 0 saturated carbocycles. The van der Waals surface area contributed by atoms with Gasteiger partial charge in [0.25, 0.3) is 0 Å². The van der Waals surface area contributed by atoms with Crippen molar-refractivity contribution in [3.63, 3.8) is 0 Å². The van der Waals surface area contributed by atoms with E-state index in [9.17, 15) is 0 Å². The van der Waals surface area contributed by atoms with Crippen molar-refractivity contribution < 1.29 is 0 Å². The Morgan fingerprint density at radius 3 is 2.35 bits per heavy atom. The van der Waals surface area contributed by atoms with Crippen molar-refractivity contribution in [2.24, 2.45) is 0 Å². The molecule has 0 atom stereocenters. The number of nitrogens with one attached hydrogen (secondary N) is 1. The van der Waals surface area contributed by atoms with Crippen LogP contribution >= 0.6 is 0 Å². The highest BCUT2D eigenvalue weighted by atomic mass is 14.9. The topological polar surface area (TPSA) is 12.0 Å². The summed E-state index contributed by atoms with van der Waals surface area (Å²) in [5, 5.41) is 3.48. The van der Waals surface area contributed by atoms with Crippen LogP contribution in [0.3, 0.4) is 0 Å². The van der Waals surface area contributed by atoms with Crippen molar-refractivity contribution in [2.75, 3.05) is 6.54 Å². The van der Waals surface area contributed by atoms with Crippen molar-refractivity contribution >= 4 is 0 Å². The molecule has 0 heterocycles. The number of benzene rings is 1. The molecule has 1 rings (SSSR count). The lowest BCUT2D eigenvalue weighted by molar-refractivity contribution is 0.580. The lowest BCUT2D eigenvalue weighted by atomic mass is 9.85. The lowest BCUT2D eigenvalue weighted by Crippen LogP contribution is -2.25. The van der Waals surface area contributed by atoms with Crippen LogP contribution in [0.2, 0.25) is 0 Å². The minimum absolute atomic E-state index is 0.244. The first kappa shape index (κ1) is 14.2. The van der Waals surface area contributed by atoms with Crippen molar-refractivity contribution in [1.82, 2.24) is 5.32 Å². The van der Waals surface area contributed by atoms with E-state index < -0.39 is 0 Å². The molecular formula is C16H27N. The predicted molar refractivity (Wildman–Crippen MR) is 76.7 cm³/mol. The van der Waals surface area contributed by atoms with Gasteiger partial charge >= 0.3 is 0 Å². The van der Waals surface area contributed by atoms with E-state index in [0.717, 1.165) is 13.0 Å². The second-order valence-corrected chi connectivity index (χ2v) is 6.25. The molecule has 0 unspecified atom stereocenters. The van der Waals surface area contributed by atoms with Crippen LogP contribution in [0, 0.1) is 6.92 Å². The maximum atomic E-state index is 3.48. The van der Waals surface area contributed by atoms with Crippen molar-refractivity contribution in [1.29, 1.82) is 0 Å². The quantitative estimate of drug-likeness (QED) is 0.833. The van der Waals surface area contributed by atoms with E-state index in [1.807, 2.05) is 0 Å². The molecule has 0 fully saturated rings. The summed E-state index contributed by atoms with van der Waals surface area (Å²) in [5.74, 6) is 0. The molecule has 1 nitrogen and oxygen atoms in total. The third-order valence-electron chi connectivity index (χ3n) is 3.16. The van der Waals surface area contributed by atoms with Gasteiger partial charge in [0.05, 0.1) is 0 Å². The zero-order valence-corrected chi connectivity index (χ0v) is 12.2. The Hall–Kier alpha value is -0.820. The van der Waals surface area contributed by atoms with Gasteiger partial charge in [0.15, 0.2) is 0 Å². The van der Waals surface area contributed by atoms with E-state index in [0.29, 0.717) is 6.04 Å². The van der Waals surface area contributed by atoms with Gasteiger partial charge in [0, 0.05) is 6.04 Å². The van der Waals surface area contributed by atoms with Gasteiger partial charge in [-0.3, -0.25) is 0 Å². The van der Waals surface area contributed by atoms with E-state index in [1.165, 1.54) is 16.7 Å². The summed E-state index contributed by atoms with van der Waals surface area (Å²) in [6, 6.07) is 7.46. The molecule has 1 N–H and O–H groups in total. The van der Waals surface area contributed by atoms with Crippen LogP contribution in [0.4, 0.5) is 0 Å². The van der Waals surface area contributed by atoms with Crippen molar-refractivity contribution in [3.8, 4) is 0 Å². The third-order valence-corrected chi connectivity index (χ3v) is 3.16. The van der Waals surface area contributed by atoms with Crippen molar-refractivity contribution in [3.05, 3.63) is 34.9 Å². The second kappa shape index (κ2) is 5.68. The van der Waals surface area contributed by atoms with Crippen LogP contribution in [0.5, 0.6) is 0 Å². The van der Waals surface area contributed by atoms with Gasteiger partial charge in [-0.2, -0.15) is 0 Å². The first-order chi connectivity index (χ1) is 7.80. The SMILES string of the molecule is Cc1ccc(C(C)(C)C)cc1CCNC(C)C. The van der Waals surface area contributed by atoms with E-state index in [-0.39, 0.29) is 5.41 Å². The van der Waals surface area contributed by atoms with E-state index in [1.54, 1.807) is 0 Å². The highest BCUT2D eigenvalue weighted by Crippen LogP contribution is 2.24. The number of aryl methyl sites for hydroxylation is 1. The largest absolute Gasteiger partial charge is 0.314 e. The Kier molecular flexibility index (Phi) is 4.76. The smallest absolute Gasteiger partial charge is 0.00105 e. The molecule has 0 spiro atoms. The summed E-state index contributed by atoms with van der Waals surface area (Å²) in [6.45, 7) is 14.5. The summed E-state index contributed by atoms with van der Waals surface area (Å²) in [6.07, 6.45) is 1.12. The van der Waals surface area contributed by atoms with Crippen LogP contribution in [-0.2, 0) is 11.8 Å². The first-order valence-corrected chi connectivity index (χ1v) is 6.64. The molecule has 1 heteroatoms. The van der Waals surface area contributed by atoms with Gasteiger partial charge in [-0.15, -0.1) is 0 Å². The number of hydrogen-bond acceptors (Lipinski definition) is 1. The average Bonchev–Trinajstić information content (AvgIpc) is 2.18. The molecule has 0 amide bonds. The van der Waals surface area contributed by atoms with Gasteiger partial charge in [-0.1, -0.05) is 52.8 Å². The highest BCUT2D eigenvalue weighted by molar-refractivity contribution is 5.34. The van der Waals surface area contributed by atoms with E-state index in [4.69, 9.17) is 0 Å². The van der Waals surface area contributed by atoms with Gasteiger partial charge in [-0.05, 0) is 42.0 Å². The molecule has 1 aromatic carbocycles. The number of hydrogen-bond donors (Lipinski definition) is 1. The molecule has 1 aromatic rings. The fourth-order valence-electron chi connectivity index (χ4n) is 1.90. The summed E-state index contributed by atoms with van der Waals surface area (Å²) in [5.41, 5.74) is 4.56. The zero-order chi connectivity index (χ0) is 13.1. The number of rotatable bonds is 4. The fraction of sp³-hybridized carbons (Fsp3) is 0.625. The molecule has 0 aliphatic carbocycles. The zero-order valence-electron chi connectivity index (χ0n) is 12.2. The monoisotopic (exact) mass is 233 g/mol. The summed E-state index contributed by atoms with van der Waals surface area (Å²) in [7, 11) is 0.